The Balaban J connectivity index is 3.22. The zero-order valence-electron chi connectivity index (χ0n) is 5.97. The smallest absolute Gasteiger partial charge is 0.250 e. The van der Waals surface area contributed by atoms with Crippen molar-refractivity contribution in [3.8, 4) is 9.85 Å². The van der Waals surface area contributed by atoms with Crippen molar-refractivity contribution in [1.29, 1.82) is 0 Å². The maximum absolute atomic E-state index is 10.9. The largest absolute Gasteiger partial charge is 0.317 e. The van der Waals surface area contributed by atoms with E-state index in [4.69, 9.17) is 0 Å². The molecule has 1 aromatic rings. The molecule has 3 heteroatoms. The molecule has 1 heterocycles. The van der Waals surface area contributed by atoms with Gasteiger partial charge in [-0.25, -0.2) is 0 Å². The normalized spacial score (nSPS) is 8.55. The monoisotopic (exact) mass is 259 g/mol. The van der Waals surface area contributed by atoms with Crippen LogP contribution in [0.4, 0.5) is 0 Å². The summed E-state index contributed by atoms with van der Waals surface area (Å²) < 4.78 is 4.25. The third kappa shape index (κ3) is 2.09. The lowest BCUT2D eigenvalue weighted by molar-refractivity contribution is 0.857. The molecule has 0 radical (unpaired) electrons. The van der Waals surface area contributed by atoms with Crippen molar-refractivity contribution in [2.45, 2.75) is 0 Å². The van der Waals surface area contributed by atoms with Crippen molar-refractivity contribution < 1.29 is 0 Å². The third-order valence-electron chi connectivity index (χ3n) is 1.28. The van der Waals surface area contributed by atoms with E-state index in [9.17, 15) is 4.79 Å². The first-order valence-electron chi connectivity index (χ1n) is 3.02. The molecule has 1 aromatic heterocycles. The molecule has 0 spiro atoms. The molecule has 2 nitrogen and oxygen atoms in total. The Morgan fingerprint density at radius 1 is 1.55 bits per heavy atom. The highest BCUT2D eigenvalue weighted by molar-refractivity contribution is 14.1. The number of pyridine rings is 1. The summed E-state index contributed by atoms with van der Waals surface area (Å²) in [4.78, 5) is 10.9. The van der Waals surface area contributed by atoms with Gasteiger partial charge in [-0.05, 0) is 9.99 Å². The van der Waals surface area contributed by atoms with Gasteiger partial charge in [0, 0.05) is 47.5 Å². The predicted octanol–water partition coefficient (Wildman–Crippen LogP) is 1.13. The van der Waals surface area contributed by atoms with E-state index in [-0.39, 0.29) is 5.56 Å². The van der Waals surface area contributed by atoms with Gasteiger partial charge < -0.3 is 4.57 Å². The van der Waals surface area contributed by atoms with E-state index in [1.165, 1.54) is 10.6 Å². The summed E-state index contributed by atoms with van der Waals surface area (Å²) in [6.45, 7) is 0. The number of halogens is 1. The number of hydrogen-bond donors (Lipinski definition) is 0. The Hall–Kier alpha value is -0.760. The quantitative estimate of drug-likeness (QED) is 0.505. The number of aromatic nitrogens is 1. The molecule has 0 amide bonds. The van der Waals surface area contributed by atoms with E-state index in [1.54, 1.807) is 19.3 Å². The van der Waals surface area contributed by atoms with Crippen LogP contribution in [0.1, 0.15) is 5.56 Å². The maximum Gasteiger partial charge on any atom is 0.250 e. The molecule has 1 rings (SSSR count). The summed E-state index contributed by atoms with van der Waals surface area (Å²) in [6, 6.07) is 3.23. The molecule has 0 aliphatic heterocycles. The van der Waals surface area contributed by atoms with Crippen LogP contribution in [0.25, 0.3) is 0 Å². The van der Waals surface area contributed by atoms with E-state index in [2.05, 4.69) is 9.85 Å². The fourth-order valence-corrected chi connectivity index (χ4v) is 1.03. The molecule has 0 atom stereocenters. The van der Waals surface area contributed by atoms with Gasteiger partial charge in [-0.2, -0.15) is 0 Å². The Kier molecular flexibility index (Phi) is 2.71. The lowest BCUT2D eigenvalue weighted by atomic mass is 10.3. The first-order chi connectivity index (χ1) is 5.24. The second kappa shape index (κ2) is 3.58. The molecule has 0 aliphatic rings. The molecule has 0 aliphatic carbocycles. The summed E-state index contributed by atoms with van der Waals surface area (Å²) in [7, 11) is 1.71. The molecule has 0 aromatic carbocycles. The van der Waals surface area contributed by atoms with Crippen LogP contribution in [0.5, 0.6) is 0 Å². The van der Waals surface area contributed by atoms with Crippen molar-refractivity contribution in [3.05, 3.63) is 34.2 Å². The Bertz CT molecular complexity index is 370. The summed E-state index contributed by atoms with van der Waals surface area (Å²) >= 11 is 1.96. The second-order valence-corrected chi connectivity index (χ2v) is 2.63. The standard InChI is InChI=1S/C8H6INO/c1-10-6-7(4-5-9)2-3-8(10)11/h2-3,6H,1H3. The van der Waals surface area contributed by atoms with Crippen LogP contribution in [-0.4, -0.2) is 4.57 Å². The highest BCUT2D eigenvalue weighted by Crippen LogP contribution is 1.91. The van der Waals surface area contributed by atoms with Gasteiger partial charge in [0.15, 0.2) is 0 Å². The van der Waals surface area contributed by atoms with Crippen LogP contribution < -0.4 is 5.56 Å². The molecule has 56 valence electrons. The highest BCUT2D eigenvalue weighted by atomic mass is 127. The lowest BCUT2D eigenvalue weighted by Gasteiger charge is -1.94. The van der Waals surface area contributed by atoms with Crippen LogP contribution >= 0.6 is 22.6 Å². The first kappa shape index (κ1) is 8.34. The van der Waals surface area contributed by atoms with Crippen molar-refractivity contribution in [2.75, 3.05) is 0 Å². The van der Waals surface area contributed by atoms with Gasteiger partial charge in [0.1, 0.15) is 0 Å². The summed E-state index contributed by atoms with van der Waals surface area (Å²) in [5.74, 6) is 2.85. The number of aryl methyl sites for hydroxylation is 1. The second-order valence-electron chi connectivity index (χ2n) is 2.09. The fourth-order valence-electron chi connectivity index (χ4n) is 0.722. The summed E-state index contributed by atoms with van der Waals surface area (Å²) in [5.41, 5.74) is 0.852. The Labute approximate surface area is 78.4 Å². The molecule has 11 heavy (non-hydrogen) atoms. The first-order valence-corrected chi connectivity index (χ1v) is 4.10. The summed E-state index contributed by atoms with van der Waals surface area (Å²) in [5, 5.41) is 0. The van der Waals surface area contributed by atoms with Crippen LogP contribution in [0.2, 0.25) is 0 Å². The van der Waals surface area contributed by atoms with Crippen molar-refractivity contribution in [1.82, 2.24) is 4.57 Å². The van der Waals surface area contributed by atoms with Gasteiger partial charge in [-0.3, -0.25) is 4.79 Å². The number of nitrogens with zero attached hydrogens (tertiary/aromatic N) is 1. The van der Waals surface area contributed by atoms with E-state index < -0.39 is 0 Å². The fraction of sp³-hybridized carbons (Fsp3) is 0.125. The Morgan fingerprint density at radius 3 is 2.82 bits per heavy atom. The van der Waals surface area contributed by atoms with Crippen LogP contribution in [0.3, 0.4) is 0 Å². The minimum Gasteiger partial charge on any atom is -0.317 e. The van der Waals surface area contributed by atoms with Crippen molar-refractivity contribution >= 4 is 22.6 Å². The van der Waals surface area contributed by atoms with E-state index >= 15 is 0 Å². The minimum atomic E-state index is -0.0102. The average molecular weight is 259 g/mol. The molecular weight excluding hydrogens is 253 g/mol. The minimum absolute atomic E-state index is 0.0102. The number of hydrogen-bond acceptors (Lipinski definition) is 1. The van der Waals surface area contributed by atoms with Crippen molar-refractivity contribution in [3.63, 3.8) is 0 Å². The lowest BCUT2D eigenvalue weighted by Crippen LogP contribution is -2.14. The molecule has 0 saturated carbocycles. The highest BCUT2D eigenvalue weighted by Gasteiger charge is 1.89. The zero-order chi connectivity index (χ0) is 8.27. The molecule has 0 saturated heterocycles. The van der Waals surface area contributed by atoms with Gasteiger partial charge >= 0.3 is 0 Å². The van der Waals surface area contributed by atoms with E-state index in [1.807, 2.05) is 22.6 Å². The Morgan fingerprint density at radius 2 is 2.27 bits per heavy atom. The van der Waals surface area contributed by atoms with Gasteiger partial charge in [-0.1, -0.05) is 5.92 Å². The van der Waals surface area contributed by atoms with Gasteiger partial charge in [0.05, 0.1) is 0 Å². The molecule has 0 bridgehead atoms. The molecule has 0 fully saturated rings. The topological polar surface area (TPSA) is 22.0 Å². The van der Waals surface area contributed by atoms with Gasteiger partial charge in [0.2, 0.25) is 5.56 Å². The molecular formula is C8H6INO. The van der Waals surface area contributed by atoms with Crippen LogP contribution in [-0.2, 0) is 7.05 Å². The maximum atomic E-state index is 10.9. The van der Waals surface area contributed by atoms with Crippen LogP contribution in [0.15, 0.2) is 23.1 Å². The van der Waals surface area contributed by atoms with Crippen molar-refractivity contribution in [2.24, 2.45) is 7.05 Å². The van der Waals surface area contributed by atoms with Gasteiger partial charge in [0.25, 0.3) is 0 Å². The van der Waals surface area contributed by atoms with Gasteiger partial charge in [-0.15, -0.1) is 0 Å². The SMILES string of the molecule is Cn1cc(C#CI)ccc1=O. The zero-order valence-corrected chi connectivity index (χ0v) is 8.12. The van der Waals surface area contributed by atoms with E-state index in [0.717, 1.165) is 5.56 Å². The average Bonchev–Trinajstić information content (AvgIpc) is 1.98. The summed E-state index contributed by atoms with van der Waals surface area (Å²) in [6.07, 6.45) is 1.72. The van der Waals surface area contributed by atoms with Crippen LogP contribution in [0, 0.1) is 9.85 Å². The molecule has 0 unspecified atom stereocenters. The van der Waals surface area contributed by atoms with E-state index in [0.29, 0.717) is 0 Å². The predicted molar refractivity (Wildman–Crippen MR) is 52.6 cm³/mol. The third-order valence-corrected chi connectivity index (χ3v) is 1.55. The molecule has 0 N–H and O–H groups in total. The number of rotatable bonds is 0.